The standard InChI is InChI=1S/C15H27BrOSi/c1-14(2,3)11-12(16)9-10-13(17)18(7,8)15(4,5)6/h9-11H,1-8H3/b10-9+,12-11-. The number of hydrogen-bond acceptors (Lipinski definition) is 1. The SMILES string of the molecule is CC(C)(C)/C=C(Br)/C=C/C(=O)[Si](C)(C)C(C)(C)C. The van der Waals surface area contributed by atoms with Crippen LogP contribution in [0.5, 0.6) is 0 Å². The lowest BCUT2D eigenvalue weighted by molar-refractivity contribution is -0.108. The summed E-state index contributed by atoms with van der Waals surface area (Å²) in [6, 6.07) is 0. The Morgan fingerprint density at radius 3 is 1.78 bits per heavy atom. The summed E-state index contributed by atoms with van der Waals surface area (Å²) >= 11 is 3.50. The van der Waals surface area contributed by atoms with Crippen LogP contribution in [0.2, 0.25) is 18.1 Å². The Labute approximate surface area is 122 Å². The first kappa shape index (κ1) is 17.8. The van der Waals surface area contributed by atoms with Crippen LogP contribution in [0.25, 0.3) is 0 Å². The van der Waals surface area contributed by atoms with Crippen LogP contribution in [0, 0.1) is 5.41 Å². The average molecular weight is 331 g/mol. The van der Waals surface area contributed by atoms with Gasteiger partial charge in [0.25, 0.3) is 0 Å². The summed E-state index contributed by atoms with van der Waals surface area (Å²) < 4.78 is 0.974. The zero-order valence-corrected chi connectivity index (χ0v) is 15.6. The minimum Gasteiger partial charge on any atom is -0.301 e. The molecule has 3 heteroatoms. The second-order valence-corrected chi connectivity index (χ2v) is 13.6. The Bertz CT molecular complexity index is 365. The molecule has 0 aromatic rings. The average Bonchev–Trinajstić information content (AvgIpc) is 2.09. The van der Waals surface area contributed by atoms with Crippen LogP contribution in [0.4, 0.5) is 0 Å². The van der Waals surface area contributed by atoms with Gasteiger partial charge in [-0.25, -0.2) is 0 Å². The van der Waals surface area contributed by atoms with Gasteiger partial charge in [0, 0.05) is 4.48 Å². The second kappa shape index (κ2) is 5.87. The molecule has 0 spiro atoms. The summed E-state index contributed by atoms with van der Waals surface area (Å²) in [6.45, 7) is 17.2. The molecular formula is C15H27BrOSi. The van der Waals surface area contributed by atoms with Crippen LogP contribution in [0.1, 0.15) is 41.5 Å². The van der Waals surface area contributed by atoms with E-state index in [9.17, 15) is 4.79 Å². The molecule has 1 nitrogen and oxygen atoms in total. The van der Waals surface area contributed by atoms with Crippen LogP contribution in [0.15, 0.2) is 22.7 Å². The van der Waals surface area contributed by atoms with Crippen molar-refractivity contribution in [1.82, 2.24) is 0 Å². The van der Waals surface area contributed by atoms with Crippen molar-refractivity contribution >= 4 is 29.4 Å². The molecule has 0 radical (unpaired) electrons. The summed E-state index contributed by atoms with van der Waals surface area (Å²) in [4.78, 5) is 12.3. The zero-order chi connectivity index (χ0) is 14.8. The summed E-state index contributed by atoms with van der Waals surface area (Å²) in [5.41, 5.74) is 0.114. The second-order valence-electron chi connectivity index (χ2n) is 7.47. The molecule has 0 aromatic heterocycles. The van der Waals surface area contributed by atoms with Gasteiger partial charge in [-0.1, -0.05) is 76.6 Å². The van der Waals surface area contributed by atoms with Gasteiger partial charge in [-0.15, -0.1) is 0 Å². The van der Waals surface area contributed by atoms with Gasteiger partial charge in [0.05, 0.1) is 0 Å². The Kier molecular flexibility index (Phi) is 5.82. The van der Waals surface area contributed by atoms with E-state index in [0.29, 0.717) is 5.41 Å². The van der Waals surface area contributed by atoms with E-state index in [1.54, 1.807) is 6.08 Å². The van der Waals surface area contributed by atoms with E-state index in [0.717, 1.165) is 4.48 Å². The lowest BCUT2D eigenvalue weighted by Crippen LogP contribution is -2.45. The predicted octanol–water partition coefficient (Wildman–Crippen LogP) is 5.48. The third-order valence-corrected chi connectivity index (χ3v) is 9.10. The maximum atomic E-state index is 12.3. The lowest BCUT2D eigenvalue weighted by atomic mass is 9.96. The fourth-order valence-electron chi connectivity index (χ4n) is 1.20. The summed E-state index contributed by atoms with van der Waals surface area (Å²) in [7, 11) is -1.91. The molecule has 0 rings (SSSR count). The molecule has 104 valence electrons. The molecule has 0 aliphatic carbocycles. The number of allylic oxidation sites excluding steroid dienone is 4. The Morgan fingerprint density at radius 2 is 1.44 bits per heavy atom. The van der Waals surface area contributed by atoms with Crippen LogP contribution >= 0.6 is 15.9 Å². The van der Waals surface area contributed by atoms with E-state index in [2.05, 4.69) is 76.6 Å². The fourth-order valence-corrected chi connectivity index (χ4v) is 3.25. The maximum absolute atomic E-state index is 12.3. The first-order valence-electron chi connectivity index (χ1n) is 6.38. The van der Waals surface area contributed by atoms with E-state index in [4.69, 9.17) is 0 Å². The smallest absolute Gasteiger partial charge is 0.137 e. The quantitative estimate of drug-likeness (QED) is 0.380. The third kappa shape index (κ3) is 5.66. The molecule has 0 aromatic carbocycles. The van der Waals surface area contributed by atoms with E-state index >= 15 is 0 Å². The summed E-state index contributed by atoms with van der Waals surface area (Å²) in [5, 5.41) is 0.392. The summed E-state index contributed by atoms with van der Waals surface area (Å²) in [6.07, 6.45) is 5.74. The number of carbonyl (C=O) groups excluding carboxylic acids is 1. The monoisotopic (exact) mass is 330 g/mol. The Hall–Kier alpha value is -0.153. The van der Waals surface area contributed by atoms with Gasteiger partial charge in [0.15, 0.2) is 0 Å². The van der Waals surface area contributed by atoms with Gasteiger partial charge in [0.2, 0.25) is 0 Å². The number of hydrogen-bond donors (Lipinski definition) is 0. The molecule has 0 fully saturated rings. The molecule has 0 saturated carbocycles. The topological polar surface area (TPSA) is 17.1 Å². The molecule has 0 heterocycles. The van der Waals surface area contributed by atoms with Gasteiger partial charge in [0.1, 0.15) is 13.5 Å². The number of carbonyl (C=O) groups is 1. The predicted molar refractivity (Wildman–Crippen MR) is 87.8 cm³/mol. The van der Waals surface area contributed by atoms with Crippen molar-refractivity contribution in [1.29, 1.82) is 0 Å². The van der Waals surface area contributed by atoms with Gasteiger partial charge in [-0.3, -0.25) is 0 Å². The highest BCUT2D eigenvalue weighted by atomic mass is 79.9. The van der Waals surface area contributed by atoms with Crippen LogP contribution in [0.3, 0.4) is 0 Å². The van der Waals surface area contributed by atoms with Gasteiger partial charge < -0.3 is 4.79 Å². The highest BCUT2D eigenvalue weighted by Gasteiger charge is 2.40. The molecule has 0 aliphatic rings. The number of rotatable bonds is 3. The highest BCUT2D eigenvalue weighted by molar-refractivity contribution is 9.11. The van der Waals surface area contributed by atoms with Crippen LogP contribution in [-0.2, 0) is 4.79 Å². The Balaban J connectivity index is 4.95. The fraction of sp³-hybridized carbons (Fsp3) is 0.667. The molecule has 0 amide bonds. The first-order chi connectivity index (χ1) is 7.77. The van der Waals surface area contributed by atoms with Crippen molar-refractivity contribution in [2.45, 2.75) is 59.7 Å². The normalized spacial score (nSPS) is 15.3. The van der Waals surface area contributed by atoms with E-state index in [1.165, 1.54) is 0 Å². The largest absolute Gasteiger partial charge is 0.301 e. The molecule has 0 saturated heterocycles. The van der Waals surface area contributed by atoms with E-state index < -0.39 is 8.07 Å². The van der Waals surface area contributed by atoms with Crippen molar-refractivity contribution < 1.29 is 4.79 Å². The molecule has 0 aliphatic heterocycles. The van der Waals surface area contributed by atoms with Crippen LogP contribution < -0.4 is 0 Å². The summed E-state index contributed by atoms with van der Waals surface area (Å²) in [5.74, 6) is 0. The van der Waals surface area contributed by atoms with Gasteiger partial charge in [-0.2, -0.15) is 0 Å². The lowest BCUT2D eigenvalue weighted by Gasteiger charge is -2.34. The van der Waals surface area contributed by atoms with Crippen molar-refractivity contribution in [2.75, 3.05) is 0 Å². The number of halogens is 1. The minimum atomic E-state index is -1.91. The zero-order valence-electron chi connectivity index (χ0n) is 13.0. The minimum absolute atomic E-state index is 0.0919. The van der Waals surface area contributed by atoms with Gasteiger partial charge >= 0.3 is 0 Å². The third-order valence-electron chi connectivity index (χ3n) is 3.46. The van der Waals surface area contributed by atoms with Crippen molar-refractivity contribution in [3.05, 3.63) is 22.7 Å². The molecule has 0 atom stereocenters. The van der Waals surface area contributed by atoms with Crippen LogP contribution in [-0.4, -0.2) is 13.5 Å². The Morgan fingerprint density at radius 1 is 1.00 bits per heavy atom. The molecule has 0 unspecified atom stereocenters. The molecule has 0 N–H and O–H groups in total. The van der Waals surface area contributed by atoms with Crippen molar-refractivity contribution in [2.24, 2.45) is 5.41 Å². The van der Waals surface area contributed by atoms with Crippen molar-refractivity contribution in [3.63, 3.8) is 0 Å². The van der Waals surface area contributed by atoms with E-state index in [1.807, 2.05) is 6.08 Å². The maximum Gasteiger partial charge on any atom is 0.137 e. The molecular weight excluding hydrogens is 304 g/mol. The van der Waals surface area contributed by atoms with Crippen molar-refractivity contribution in [3.8, 4) is 0 Å². The van der Waals surface area contributed by atoms with E-state index in [-0.39, 0.29) is 10.5 Å². The van der Waals surface area contributed by atoms with Gasteiger partial charge in [-0.05, 0) is 22.6 Å². The molecule has 0 bridgehead atoms. The highest BCUT2D eigenvalue weighted by Crippen LogP contribution is 2.36. The first-order valence-corrected chi connectivity index (χ1v) is 10.2. The molecule has 18 heavy (non-hydrogen) atoms.